The molecule has 0 aliphatic heterocycles. The molecule has 0 unspecified atom stereocenters. The van der Waals surface area contributed by atoms with Gasteiger partial charge in [0.1, 0.15) is 0 Å². The zero-order chi connectivity index (χ0) is 17.4. The summed E-state index contributed by atoms with van der Waals surface area (Å²) in [6.45, 7) is 0.894. The number of hydrogen-bond donors (Lipinski definition) is 2. The summed E-state index contributed by atoms with van der Waals surface area (Å²) in [5.74, 6) is -0.199. The number of nitrogens with one attached hydrogen (secondary N) is 2. The predicted octanol–water partition coefficient (Wildman–Crippen LogP) is 2.85. The van der Waals surface area contributed by atoms with E-state index in [9.17, 15) is 19.7 Å². The zero-order valence-electron chi connectivity index (χ0n) is 12.9. The van der Waals surface area contributed by atoms with Gasteiger partial charge in [-0.05, 0) is 23.6 Å². The number of anilines is 1. The first-order valence-corrected chi connectivity index (χ1v) is 8.26. The number of non-ortho nitro benzene ring substituents is 1. The topological polar surface area (TPSA) is 101 Å². The molecule has 126 valence electrons. The van der Waals surface area contributed by atoms with Crippen molar-refractivity contribution in [2.24, 2.45) is 0 Å². The first-order chi connectivity index (χ1) is 11.6. The number of ketones is 1. The Labute approximate surface area is 142 Å². The van der Waals surface area contributed by atoms with Crippen LogP contribution in [0.1, 0.15) is 22.5 Å². The molecule has 7 nitrogen and oxygen atoms in total. The number of amides is 1. The van der Waals surface area contributed by atoms with Gasteiger partial charge in [-0.2, -0.15) is 0 Å². The number of nitro benzene ring substituents is 1. The summed E-state index contributed by atoms with van der Waals surface area (Å²) in [4.78, 5) is 34.2. The van der Waals surface area contributed by atoms with Crippen LogP contribution in [0.3, 0.4) is 0 Å². The lowest BCUT2D eigenvalue weighted by Gasteiger charge is -2.07. The third-order valence-electron chi connectivity index (χ3n) is 3.23. The molecule has 0 saturated carbocycles. The molecule has 0 aliphatic rings. The standard InChI is InChI=1S/C16H17N3O4S/c20-14(15-2-1-11-24-15)7-8-16(21)18-10-9-17-12-3-5-13(6-4-12)19(22)23/h1-6,11,17H,7-10H2,(H,18,21). The largest absolute Gasteiger partial charge is 0.383 e. The number of thiophene rings is 1. The Kier molecular flexibility index (Phi) is 6.44. The van der Waals surface area contributed by atoms with Crippen molar-refractivity contribution >= 4 is 34.4 Å². The molecule has 24 heavy (non-hydrogen) atoms. The average Bonchev–Trinajstić information content (AvgIpc) is 3.11. The van der Waals surface area contributed by atoms with Crippen LogP contribution in [0.4, 0.5) is 11.4 Å². The minimum Gasteiger partial charge on any atom is -0.383 e. The second kappa shape index (κ2) is 8.78. The summed E-state index contributed by atoms with van der Waals surface area (Å²) in [6.07, 6.45) is 0.358. The molecule has 1 heterocycles. The highest BCUT2D eigenvalue weighted by Crippen LogP contribution is 2.15. The van der Waals surface area contributed by atoms with Crippen LogP contribution in [-0.4, -0.2) is 29.7 Å². The molecule has 1 aromatic carbocycles. The molecule has 0 radical (unpaired) electrons. The van der Waals surface area contributed by atoms with Gasteiger partial charge in [-0.1, -0.05) is 6.07 Å². The molecule has 0 spiro atoms. The third kappa shape index (κ3) is 5.47. The summed E-state index contributed by atoms with van der Waals surface area (Å²) in [5, 5.41) is 18.2. The Morgan fingerprint density at radius 2 is 1.83 bits per heavy atom. The Hall–Kier alpha value is -2.74. The van der Waals surface area contributed by atoms with E-state index < -0.39 is 4.92 Å². The summed E-state index contributed by atoms with van der Waals surface area (Å²) in [6, 6.07) is 9.61. The average molecular weight is 347 g/mol. The Morgan fingerprint density at radius 1 is 1.08 bits per heavy atom. The normalized spacial score (nSPS) is 10.2. The molecule has 0 saturated heterocycles. The van der Waals surface area contributed by atoms with Crippen molar-refractivity contribution in [2.75, 3.05) is 18.4 Å². The number of Topliss-reactive ketones (excluding diaryl/α,β-unsaturated/α-hetero) is 1. The van der Waals surface area contributed by atoms with Crippen molar-refractivity contribution in [3.63, 3.8) is 0 Å². The van der Waals surface area contributed by atoms with Crippen LogP contribution >= 0.6 is 11.3 Å². The number of nitro groups is 1. The second-order valence-electron chi connectivity index (χ2n) is 4.98. The number of nitrogens with zero attached hydrogens (tertiary/aromatic N) is 1. The van der Waals surface area contributed by atoms with Gasteiger partial charge < -0.3 is 10.6 Å². The second-order valence-corrected chi connectivity index (χ2v) is 5.93. The van der Waals surface area contributed by atoms with E-state index in [1.165, 1.54) is 23.5 Å². The Bertz CT molecular complexity index is 699. The van der Waals surface area contributed by atoms with E-state index in [1.807, 2.05) is 11.4 Å². The molecule has 1 amide bonds. The molecule has 0 atom stereocenters. The highest BCUT2D eigenvalue weighted by Gasteiger charge is 2.09. The first kappa shape index (κ1) is 17.6. The van der Waals surface area contributed by atoms with E-state index >= 15 is 0 Å². The van der Waals surface area contributed by atoms with Crippen LogP contribution in [0.5, 0.6) is 0 Å². The van der Waals surface area contributed by atoms with Crippen molar-refractivity contribution < 1.29 is 14.5 Å². The molecule has 0 bridgehead atoms. The quantitative estimate of drug-likeness (QED) is 0.314. The number of rotatable bonds is 9. The lowest BCUT2D eigenvalue weighted by atomic mass is 10.2. The Morgan fingerprint density at radius 3 is 2.46 bits per heavy atom. The van der Waals surface area contributed by atoms with Crippen LogP contribution < -0.4 is 10.6 Å². The van der Waals surface area contributed by atoms with E-state index in [4.69, 9.17) is 0 Å². The van der Waals surface area contributed by atoms with Crippen molar-refractivity contribution in [1.82, 2.24) is 5.32 Å². The number of carbonyl (C=O) groups is 2. The summed E-state index contributed by atoms with van der Waals surface area (Å²) in [7, 11) is 0. The number of carbonyl (C=O) groups excluding carboxylic acids is 2. The molecular weight excluding hydrogens is 330 g/mol. The van der Waals surface area contributed by atoms with Gasteiger partial charge in [-0.25, -0.2) is 0 Å². The van der Waals surface area contributed by atoms with Gasteiger partial charge in [0.25, 0.3) is 5.69 Å². The molecule has 8 heteroatoms. The lowest BCUT2D eigenvalue weighted by molar-refractivity contribution is -0.384. The summed E-state index contributed by atoms with van der Waals surface area (Å²) in [5.41, 5.74) is 0.770. The van der Waals surface area contributed by atoms with E-state index in [0.29, 0.717) is 18.0 Å². The van der Waals surface area contributed by atoms with Gasteiger partial charge in [0.2, 0.25) is 5.91 Å². The van der Waals surface area contributed by atoms with Gasteiger partial charge in [0.05, 0.1) is 9.80 Å². The predicted molar refractivity (Wildman–Crippen MR) is 92.5 cm³/mol. The van der Waals surface area contributed by atoms with E-state index in [1.54, 1.807) is 18.2 Å². The molecule has 2 aromatic rings. The van der Waals surface area contributed by atoms with Crippen LogP contribution in [0.15, 0.2) is 41.8 Å². The van der Waals surface area contributed by atoms with Gasteiger partial charge in [-0.3, -0.25) is 19.7 Å². The van der Waals surface area contributed by atoms with Gasteiger partial charge in [0, 0.05) is 43.8 Å². The SMILES string of the molecule is O=C(CCC(=O)c1cccs1)NCCNc1ccc([N+](=O)[O-])cc1. The maximum atomic E-state index is 11.8. The molecule has 1 aromatic heterocycles. The maximum absolute atomic E-state index is 11.8. The summed E-state index contributed by atoms with van der Waals surface area (Å²) < 4.78 is 0. The highest BCUT2D eigenvalue weighted by atomic mass is 32.1. The van der Waals surface area contributed by atoms with Crippen LogP contribution in [-0.2, 0) is 4.79 Å². The van der Waals surface area contributed by atoms with Crippen molar-refractivity contribution in [2.45, 2.75) is 12.8 Å². The highest BCUT2D eigenvalue weighted by molar-refractivity contribution is 7.12. The van der Waals surface area contributed by atoms with Gasteiger partial charge in [-0.15, -0.1) is 11.3 Å². The van der Waals surface area contributed by atoms with Gasteiger partial charge in [0.15, 0.2) is 5.78 Å². The van der Waals surface area contributed by atoms with Crippen LogP contribution in [0.25, 0.3) is 0 Å². The molecule has 0 aliphatic carbocycles. The van der Waals surface area contributed by atoms with E-state index in [2.05, 4.69) is 10.6 Å². The van der Waals surface area contributed by atoms with Gasteiger partial charge >= 0.3 is 0 Å². The van der Waals surface area contributed by atoms with Crippen molar-refractivity contribution in [3.8, 4) is 0 Å². The lowest BCUT2D eigenvalue weighted by Crippen LogP contribution is -2.28. The minimum atomic E-state index is -0.457. The minimum absolute atomic E-state index is 0.0239. The Balaban J connectivity index is 1.62. The van der Waals surface area contributed by atoms with E-state index in [0.717, 1.165) is 5.69 Å². The molecule has 2 rings (SSSR count). The summed E-state index contributed by atoms with van der Waals surface area (Å²) >= 11 is 1.37. The fourth-order valence-corrected chi connectivity index (χ4v) is 2.68. The fraction of sp³-hybridized carbons (Fsp3) is 0.250. The smallest absolute Gasteiger partial charge is 0.269 e. The maximum Gasteiger partial charge on any atom is 0.269 e. The monoisotopic (exact) mass is 347 g/mol. The first-order valence-electron chi connectivity index (χ1n) is 7.38. The zero-order valence-corrected chi connectivity index (χ0v) is 13.7. The molecule has 0 fully saturated rings. The van der Waals surface area contributed by atoms with Crippen molar-refractivity contribution in [3.05, 3.63) is 56.8 Å². The third-order valence-corrected chi connectivity index (χ3v) is 4.14. The molecule has 2 N–H and O–H groups in total. The molecular formula is C16H17N3O4S. The van der Waals surface area contributed by atoms with Crippen LogP contribution in [0, 0.1) is 10.1 Å². The number of benzene rings is 1. The van der Waals surface area contributed by atoms with E-state index in [-0.39, 0.29) is 30.2 Å². The number of hydrogen-bond acceptors (Lipinski definition) is 6. The fourth-order valence-electron chi connectivity index (χ4n) is 1.99. The van der Waals surface area contributed by atoms with Crippen LogP contribution in [0.2, 0.25) is 0 Å². The van der Waals surface area contributed by atoms with Crippen molar-refractivity contribution in [1.29, 1.82) is 0 Å².